The second kappa shape index (κ2) is 7.33. The predicted octanol–water partition coefficient (Wildman–Crippen LogP) is 3.39. The van der Waals surface area contributed by atoms with Crippen molar-refractivity contribution in [3.05, 3.63) is 60.8 Å². The maximum Gasteiger partial charge on any atom is 0.240 e. The highest BCUT2D eigenvalue weighted by atomic mass is 32.2. The van der Waals surface area contributed by atoms with E-state index < -0.39 is 9.84 Å². The van der Waals surface area contributed by atoms with Crippen molar-refractivity contribution in [1.82, 2.24) is 9.88 Å². The highest BCUT2D eigenvalue weighted by molar-refractivity contribution is 7.91. The molecule has 6 heteroatoms. The van der Waals surface area contributed by atoms with Gasteiger partial charge in [-0.25, -0.2) is 8.42 Å². The summed E-state index contributed by atoms with van der Waals surface area (Å²) in [5.74, 6) is -0.135. The van der Waals surface area contributed by atoms with Crippen LogP contribution in [0.25, 0.3) is 10.9 Å². The molecule has 1 heterocycles. The predicted molar refractivity (Wildman–Crippen MR) is 102 cm³/mol. The van der Waals surface area contributed by atoms with Crippen LogP contribution in [0.1, 0.15) is 20.3 Å². The zero-order valence-corrected chi connectivity index (χ0v) is 15.7. The van der Waals surface area contributed by atoms with Crippen LogP contribution >= 0.6 is 0 Å². The topological polar surface area (TPSA) is 68.2 Å². The molecule has 1 atom stereocenters. The zero-order chi connectivity index (χ0) is 18.7. The molecular formula is C20H22N2O3S. The number of nitrogens with one attached hydrogen (secondary N) is 1. The third-order valence-corrected chi connectivity index (χ3v) is 6.23. The molecule has 0 fully saturated rings. The van der Waals surface area contributed by atoms with Crippen LogP contribution in [-0.2, 0) is 21.2 Å². The number of carbonyl (C=O) groups excluding carboxylic acids is 1. The van der Waals surface area contributed by atoms with Crippen molar-refractivity contribution in [3.63, 3.8) is 0 Å². The lowest BCUT2D eigenvalue weighted by Gasteiger charge is -2.12. The largest absolute Gasteiger partial charge is 0.352 e. The van der Waals surface area contributed by atoms with Gasteiger partial charge in [0.1, 0.15) is 6.54 Å². The third-order valence-electron chi connectivity index (χ3n) is 4.43. The summed E-state index contributed by atoms with van der Waals surface area (Å²) in [6, 6.07) is 15.7. The summed E-state index contributed by atoms with van der Waals surface area (Å²) in [4.78, 5) is 12.7. The van der Waals surface area contributed by atoms with Crippen LogP contribution in [0.2, 0.25) is 0 Å². The molecule has 0 aliphatic carbocycles. The van der Waals surface area contributed by atoms with Crippen LogP contribution in [0.15, 0.2) is 70.6 Å². The molecule has 0 saturated carbocycles. The Morgan fingerprint density at radius 3 is 2.42 bits per heavy atom. The molecule has 1 N–H and O–H groups in total. The van der Waals surface area contributed by atoms with Gasteiger partial charge in [-0.1, -0.05) is 43.3 Å². The van der Waals surface area contributed by atoms with Crippen molar-refractivity contribution in [3.8, 4) is 0 Å². The van der Waals surface area contributed by atoms with Gasteiger partial charge >= 0.3 is 0 Å². The standard InChI is InChI=1S/C20H22N2O3S/c1-3-15(2)21-20(23)14-22-13-19(17-11-7-8-12-18(17)22)26(24,25)16-9-5-4-6-10-16/h4-13,15H,3,14H2,1-2H3,(H,21,23). The van der Waals surface area contributed by atoms with E-state index in [9.17, 15) is 13.2 Å². The zero-order valence-electron chi connectivity index (χ0n) is 14.8. The van der Waals surface area contributed by atoms with Crippen LogP contribution in [0.5, 0.6) is 0 Å². The lowest BCUT2D eigenvalue weighted by Crippen LogP contribution is -2.34. The molecule has 3 rings (SSSR count). The summed E-state index contributed by atoms with van der Waals surface area (Å²) >= 11 is 0. The SMILES string of the molecule is CCC(C)NC(=O)Cn1cc(S(=O)(=O)c2ccccc2)c2ccccc21. The Bertz CT molecular complexity index is 1020. The van der Waals surface area contributed by atoms with E-state index in [-0.39, 0.29) is 28.3 Å². The summed E-state index contributed by atoms with van der Waals surface area (Å²) in [6.07, 6.45) is 2.40. The summed E-state index contributed by atoms with van der Waals surface area (Å²) < 4.78 is 27.8. The summed E-state index contributed by atoms with van der Waals surface area (Å²) in [5.41, 5.74) is 0.723. The molecule has 0 aliphatic heterocycles. The lowest BCUT2D eigenvalue weighted by atomic mass is 10.2. The molecule has 1 amide bonds. The van der Waals surface area contributed by atoms with Gasteiger partial charge in [-0.15, -0.1) is 0 Å². The monoisotopic (exact) mass is 370 g/mol. The molecule has 0 radical (unpaired) electrons. The van der Waals surface area contributed by atoms with Crippen LogP contribution < -0.4 is 5.32 Å². The van der Waals surface area contributed by atoms with E-state index in [4.69, 9.17) is 0 Å². The molecule has 5 nitrogen and oxygen atoms in total. The quantitative estimate of drug-likeness (QED) is 0.723. The van der Waals surface area contributed by atoms with Gasteiger partial charge in [-0.3, -0.25) is 4.79 Å². The highest BCUT2D eigenvalue weighted by Gasteiger charge is 2.23. The van der Waals surface area contributed by atoms with Crippen molar-refractivity contribution in [2.45, 2.75) is 42.6 Å². The van der Waals surface area contributed by atoms with Crippen molar-refractivity contribution < 1.29 is 13.2 Å². The summed E-state index contributed by atoms with van der Waals surface area (Å²) in [6.45, 7) is 4.02. The smallest absolute Gasteiger partial charge is 0.240 e. The fourth-order valence-electron chi connectivity index (χ4n) is 2.86. The van der Waals surface area contributed by atoms with E-state index in [2.05, 4.69) is 5.32 Å². The Labute approximate surface area is 153 Å². The molecule has 0 saturated heterocycles. The van der Waals surface area contributed by atoms with E-state index in [1.54, 1.807) is 53.2 Å². The number of rotatable bonds is 6. The molecule has 26 heavy (non-hydrogen) atoms. The van der Waals surface area contributed by atoms with Gasteiger partial charge in [-0.2, -0.15) is 0 Å². The molecule has 1 aromatic heterocycles. The molecular weight excluding hydrogens is 348 g/mol. The molecule has 3 aromatic rings. The second-order valence-electron chi connectivity index (χ2n) is 6.33. The minimum Gasteiger partial charge on any atom is -0.352 e. The Balaban J connectivity index is 2.05. The number of fused-ring (bicyclic) bond motifs is 1. The van der Waals surface area contributed by atoms with Crippen LogP contribution in [0.4, 0.5) is 0 Å². The maximum absolute atomic E-state index is 13.1. The van der Waals surface area contributed by atoms with Crippen molar-refractivity contribution in [1.29, 1.82) is 0 Å². The Morgan fingerprint density at radius 1 is 1.08 bits per heavy atom. The van der Waals surface area contributed by atoms with Crippen LogP contribution in [0.3, 0.4) is 0 Å². The molecule has 0 aliphatic rings. The number of amides is 1. The number of nitrogens with zero attached hydrogens (tertiary/aromatic N) is 1. The number of hydrogen-bond acceptors (Lipinski definition) is 3. The van der Waals surface area contributed by atoms with Gasteiger partial charge in [0.15, 0.2) is 0 Å². The third kappa shape index (κ3) is 3.51. The van der Waals surface area contributed by atoms with E-state index >= 15 is 0 Å². The van der Waals surface area contributed by atoms with E-state index in [1.807, 2.05) is 26.0 Å². The first kappa shape index (κ1) is 18.2. The minimum absolute atomic E-state index is 0.0785. The molecule has 136 valence electrons. The number of hydrogen-bond donors (Lipinski definition) is 1. The van der Waals surface area contributed by atoms with E-state index in [1.165, 1.54) is 0 Å². The number of sulfone groups is 1. The van der Waals surface area contributed by atoms with Gasteiger partial charge in [0.25, 0.3) is 0 Å². The lowest BCUT2D eigenvalue weighted by molar-refractivity contribution is -0.122. The number of aromatic nitrogens is 1. The molecule has 0 spiro atoms. The van der Waals surface area contributed by atoms with Gasteiger partial charge in [0, 0.05) is 23.1 Å². The van der Waals surface area contributed by atoms with E-state index in [0.29, 0.717) is 5.39 Å². The first-order chi connectivity index (χ1) is 12.4. The van der Waals surface area contributed by atoms with Crippen molar-refractivity contribution >= 4 is 26.6 Å². The number of benzene rings is 2. The molecule has 1 unspecified atom stereocenters. The average Bonchev–Trinajstić information content (AvgIpc) is 3.01. The Morgan fingerprint density at radius 2 is 1.73 bits per heavy atom. The molecule has 2 aromatic carbocycles. The van der Waals surface area contributed by atoms with Crippen molar-refractivity contribution in [2.24, 2.45) is 0 Å². The molecule has 0 bridgehead atoms. The fraction of sp³-hybridized carbons (Fsp3) is 0.250. The highest BCUT2D eigenvalue weighted by Crippen LogP contribution is 2.30. The Hall–Kier alpha value is -2.60. The number of carbonyl (C=O) groups is 1. The van der Waals surface area contributed by atoms with Gasteiger partial charge in [-0.05, 0) is 31.5 Å². The van der Waals surface area contributed by atoms with Gasteiger partial charge in [0.2, 0.25) is 15.7 Å². The normalized spacial score (nSPS) is 12.8. The maximum atomic E-state index is 13.1. The van der Waals surface area contributed by atoms with Crippen LogP contribution in [-0.4, -0.2) is 24.9 Å². The minimum atomic E-state index is -3.66. The fourth-order valence-corrected chi connectivity index (χ4v) is 4.36. The number of para-hydroxylation sites is 1. The van der Waals surface area contributed by atoms with Crippen molar-refractivity contribution in [2.75, 3.05) is 0 Å². The second-order valence-corrected chi connectivity index (χ2v) is 8.25. The van der Waals surface area contributed by atoms with Gasteiger partial charge in [0.05, 0.1) is 9.79 Å². The first-order valence-corrected chi connectivity index (χ1v) is 10.1. The Kier molecular flexibility index (Phi) is 5.13. The van der Waals surface area contributed by atoms with Gasteiger partial charge < -0.3 is 9.88 Å². The summed E-state index contributed by atoms with van der Waals surface area (Å²) in [7, 11) is -3.66. The average molecular weight is 370 g/mol. The van der Waals surface area contributed by atoms with E-state index in [0.717, 1.165) is 11.9 Å². The first-order valence-electron chi connectivity index (χ1n) is 8.61. The van der Waals surface area contributed by atoms with Crippen LogP contribution in [0, 0.1) is 0 Å². The summed E-state index contributed by atoms with van der Waals surface area (Å²) in [5, 5.41) is 3.53.